The van der Waals surface area contributed by atoms with Crippen LogP contribution in [0.4, 0.5) is 4.79 Å². The molecule has 10 heteroatoms. The molecule has 0 radical (unpaired) electrons. The van der Waals surface area contributed by atoms with E-state index in [2.05, 4.69) is 0 Å². The summed E-state index contributed by atoms with van der Waals surface area (Å²) in [6.07, 6.45) is -1.40. The highest BCUT2D eigenvalue weighted by Gasteiger charge is 2.39. The molecule has 2 rings (SSSR count). The number of halogens is 1. The Bertz CT molecular complexity index is 707. The van der Waals surface area contributed by atoms with Crippen LogP contribution in [0, 0.1) is 0 Å². The van der Waals surface area contributed by atoms with Gasteiger partial charge in [0.25, 0.3) is 0 Å². The van der Waals surface area contributed by atoms with E-state index in [9.17, 15) is 18.0 Å². The largest absolute Gasteiger partial charge is 0.480 e. The van der Waals surface area contributed by atoms with Gasteiger partial charge in [-0.1, -0.05) is 17.7 Å². The Morgan fingerprint density at radius 3 is 2.45 bits per heavy atom. The zero-order valence-electron chi connectivity index (χ0n) is 11.2. The van der Waals surface area contributed by atoms with Crippen molar-refractivity contribution in [1.29, 1.82) is 0 Å². The standard InChI is InChI=1S/C12H13ClN2O6S/c13-8-2-1-3-9(6-8)22(20,21)14-4-5-15(12(18)19)10(7-14)11(16)17/h1-3,6,10H,4-5,7H2,(H,16,17)(H,18,19). The van der Waals surface area contributed by atoms with Crippen molar-refractivity contribution < 1.29 is 28.2 Å². The molecule has 1 atom stereocenters. The van der Waals surface area contributed by atoms with E-state index in [0.29, 0.717) is 4.90 Å². The maximum absolute atomic E-state index is 12.5. The third-order valence-corrected chi connectivity index (χ3v) is 5.40. The average molecular weight is 349 g/mol. The first kappa shape index (κ1) is 16.5. The Labute approximate surface area is 131 Å². The lowest BCUT2D eigenvalue weighted by molar-refractivity contribution is -0.143. The predicted molar refractivity (Wildman–Crippen MR) is 76.4 cm³/mol. The highest BCUT2D eigenvalue weighted by Crippen LogP contribution is 2.22. The smallest absolute Gasteiger partial charge is 0.408 e. The maximum Gasteiger partial charge on any atom is 0.408 e. The quantitative estimate of drug-likeness (QED) is 0.834. The lowest BCUT2D eigenvalue weighted by Crippen LogP contribution is -2.59. The SMILES string of the molecule is O=C(O)C1CN(S(=O)(=O)c2cccc(Cl)c2)CCN1C(=O)O. The summed E-state index contributed by atoms with van der Waals surface area (Å²) in [5.74, 6) is -1.40. The number of rotatable bonds is 3. The van der Waals surface area contributed by atoms with Gasteiger partial charge in [-0.3, -0.25) is 4.90 Å². The topological polar surface area (TPSA) is 115 Å². The Morgan fingerprint density at radius 2 is 1.91 bits per heavy atom. The molecule has 8 nitrogen and oxygen atoms in total. The molecular formula is C12H13ClN2O6S. The number of aliphatic carboxylic acids is 1. The zero-order valence-corrected chi connectivity index (χ0v) is 12.8. The van der Waals surface area contributed by atoms with Crippen molar-refractivity contribution in [2.75, 3.05) is 19.6 Å². The fourth-order valence-corrected chi connectivity index (χ4v) is 3.93. The molecule has 22 heavy (non-hydrogen) atoms. The first-order valence-electron chi connectivity index (χ1n) is 6.21. The minimum absolute atomic E-state index is 0.0621. The summed E-state index contributed by atoms with van der Waals surface area (Å²) in [7, 11) is -3.93. The van der Waals surface area contributed by atoms with Crippen molar-refractivity contribution in [1.82, 2.24) is 9.21 Å². The summed E-state index contributed by atoms with van der Waals surface area (Å²) in [6, 6.07) is 4.15. The van der Waals surface area contributed by atoms with Crippen molar-refractivity contribution in [2.45, 2.75) is 10.9 Å². The van der Waals surface area contributed by atoms with E-state index in [1.807, 2.05) is 0 Å². The molecule has 1 aliphatic heterocycles. The van der Waals surface area contributed by atoms with E-state index < -0.39 is 34.7 Å². The van der Waals surface area contributed by atoms with Crippen LogP contribution in [0.2, 0.25) is 5.02 Å². The number of benzene rings is 1. The normalized spacial score (nSPS) is 19.9. The zero-order chi connectivity index (χ0) is 16.5. The van der Waals surface area contributed by atoms with Gasteiger partial charge in [-0.15, -0.1) is 0 Å². The highest BCUT2D eigenvalue weighted by atomic mass is 35.5. The minimum atomic E-state index is -3.93. The average Bonchev–Trinajstić information content (AvgIpc) is 2.46. The Kier molecular flexibility index (Phi) is 4.59. The number of nitrogens with zero attached hydrogens (tertiary/aromatic N) is 2. The molecule has 1 heterocycles. The second-order valence-electron chi connectivity index (χ2n) is 4.65. The molecule has 1 amide bonds. The van der Waals surface area contributed by atoms with Crippen LogP contribution in [0.3, 0.4) is 0 Å². The van der Waals surface area contributed by atoms with Crippen molar-refractivity contribution in [3.8, 4) is 0 Å². The third-order valence-electron chi connectivity index (χ3n) is 3.31. The molecule has 120 valence electrons. The molecule has 0 bridgehead atoms. The van der Waals surface area contributed by atoms with Crippen LogP contribution in [0.25, 0.3) is 0 Å². The van der Waals surface area contributed by atoms with Gasteiger partial charge in [0, 0.05) is 24.7 Å². The number of carboxylic acid groups (broad SMARTS) is 2. The molecule has 2 N–H and O–H groups in total. The number of carboxylic acids is 1. The van der Waals surface area contributed by atoms with Gasteiger partial charge in [-0.05, 0) is 18.2 Å². The summed E-state index contributed by atoms with van der Waals surface area (Å²) in [5.41, 5.74) is 0. The molecule has 1 aromatic carbocycles. The summed E-state index contributed by atoms with van der Waals surface area (Å²) >= 11 is 5.77. The number of sulfonamides is 1. The van der Waals surface area contributed by atoms with Gasteiger partial charge in [0.15, 0.2) is 0 Å². The van der Waals surface area contributed by atoms with Crippen LogP contribution < -0.4 is 0 Å². The van der Waals surface area contributed by atoms with Crippen LogP contribution in [0.1, 0.15) is 0 Å². The molecule has 0 aliphatic carbocycles. The van der Waals surface area contributed by atoms with E-state index in [1.165, 1.54) is 24.3 Å². The van der Waals surface area contributed by atoms with E-state index in [0.717, 1.165) is 4.31 Å². The summed E-state index contributed by atoms with van der Waals surface area (Å²) in [5, 5.41) is 18.3. The predicted octanol–water partition coefficient (Wildman–Crippen LogP) is 0.778. The maximum atomic E-state index is 12.5. The second kappa shape index (κ2) is 6.11. The van der Waals surface area contributed by atoms with Crippen molar-refractivity contribution in [2.24, 2.45) is 0 Å². The van der Waals surface area contributed by atoms with Crippen LogP contribution in [0.5, 0.6) is 0 Å². The van der Waals surface area contributed by atoms with Crippen LogP contribution in [0.15, 0.2) is 29.2 Å². The highest BCUT2D eigenvalue weighted by molar-refractivity contribution is 7.89. The van der Waals surface area contributed by atoms with Gasteiger partial charge in [-0.25, -0.2) is 18.0 Å². The lowest BCUT2D eigenvalue weighted by atomic mass is 10.2. The summed E-state index contributed by atoms with van der Waals surface area (Å²) in [6.45, 7) is -0.784. The number of carbonyl (C=O) groups is 2. The summed E-state index contributed by atoms with van der Waals surface area (Å²) < 4.78 is 25.9. The Balaban J connectivity index is 2.30. The number of hydrogen-bond acceptors (Lipinski definition) is 4. The number of piperazine rings is 1. The third kappa shape index (κ3) is 3.16. The van der Waals surface area contributed by atoms with Crippen molar-refractivity contribution >= 4 is 33.7 Å². The van der Waals surface area contributed by atoms with Crippen molar-refractivity contribution in [3.05, 3.63) is 29.3 Å². The monoisotopic (exact) mass is 348 g/mol. The van der Waals surface area contributed by atoms with E-state index in [4.69, 9.17) is 21.8 Å². The molecule has 1 fully saturated rings. The number of amides is 1. The second-order valence-corrected chi connectivity index (χ2v) is 7.02. The van der Waals surface area contributed by atoms with Gasteiger partial charge in [0.05, 0.1) is 4.90 Å². The van der Waals surface area contributed by atoms with E-state index in [1.54, 1.807) is 0 Å². The first-order chi connectivity index (χ1) is 10.2. The molecule has 0 saturated carbocycles. The van der Waals surface area contributed by atoms with Crippen LogP contribution >= 0.6 is 11.6 Å². The summed E-state index contributed by atoms with van der Waals surface area (Å²) in [4.78, 5) is 22.9. The fourth-order valence-electron chi connectivity index (χ4n) is 2.19. The Morgan fingerprint density at radius 1 is 1.23 bits per heavy atom. The first-order valence-corrected chi connectivity index (χ1v) is 8.03. The van der Waals surface area contributed by atoms with Crippen LogP contribution in [-0.2, 0) is 14.8 Å². The van der Waals surface area contributed by atoms with Gasteiger partial charge in [0.1, 0.15) is 6.04 Å². The van der Waals surface area contributed by atoms with E-state index in [-0.39, 0.29) is 23.0 Å². The van der Waals surface area contributed by atoms with Gasteiger partial charge < -0.3 is 10.2 Å². The molecule has 0 spiro atoms. The molecule has 1 aromatic rings. The lowest BCUT2D eigenvalue weighted by Gasteiger charge is -2.36. The van der Waals surface area contributed by atoms with Gasteiger partial charge in [0.2, 0.25) is 10.0 Å². The number of hydrogen-bond donors (Lipinski definition) is 2. The van der Waals surface area contributed by atoms with Gasteiger partial charge in [-0.2, -0.15) is 4.31 Å². The van der Waals surface area contributed by atoms with Crippen molar-refractivity contribution in [3.63, 3.8) is 0 Å². The molecule has 0 aromatic heterocycles. The minimum Gasteiger partial charge on any atom is -0.480 e. The fraction of sp³-hybridized carbons (Fsp3) is 0.333. The molecule has 1 saturated heterocycles. The van der Waals surface area contributed by atoms with Crippen LogP contribution in [-0.4, -0.2) is 65.6 Å². The van der Waals surface area contributed by atoms with E-state index >= 15 is 0 Å². The molecular weight excluding hydrogens is 336 g/mol. The molecule has 1 unspecified atom stereocenters. The Hall–Kier alpha value is -1.84. The molecule has 1 aliphatic rings. The van der Waals surface area contributed by atoms with Gasteiger partial charge >= 0.3 is 12.1 Å².